The topological polar surface area (TPSA) is 55.1 Å². The number of amides is 1. The summed E-state index contributed by atoms with van der Waals surface area (Å²) >= 11 is 1.49. The van der Waals surface area contributed by atoms with Crippen molar-refractivity contribution in [1.29, 1.82) is 0 Å². The molecule has 4 heteroatoms. The molecule has 0 aliphatic heterocycles. The van der Waals surface area contributed by atoms with E-state index in [4.69, 9.17) is 5.73 Å². The van der Waals surface area contributed by atoms with Gasteiger partial charge in [0.25, 0.3) is 0 Å². The Labute approximate surface area is 106 Å². The summed E-state index contributed by atoms with van der Waals surface area (Å²) in [5.41, 5.74) is 8.09. The maximum Gasteiger partial charge on any atom is 0.234 e. The predicted octanol–water partition coefficient (Wildman–Crippen LogP) is 1.61. The minimum Gasteiger partial charge on any atom is -0.325 e. The standard InChI is InChI=1S/C13H16N2OS/c1-10-5-6-12(15-13(16)9-17-2)8-11(10)4-3-7-14/h5-6,8H,7,9,14H2,1-2H3,(H,15,16). The highest BCUT2D eigenvalue weighted by Gasteiger charge is 2.02. The smallest absolute Gasteiger partial charge is 0.234 e. The number of hydrogen-bond acceptors (Lipinski definition) is 3. The molecule has 1 aromatic rings. The monoisotopic (exact) mass is 248 g/mol. The van der Waals surface area contributed by atoms with Gasteiger partial charge in [0.05, 0.1) is 12.3 Å². The molecule has 0 atom stereocenters. The van der Waals surface area contributed by atoms with Gasteiger partial charge in [0, 0.05) is 11.3 Å². The number of nitrogens with one attached hydrogen (secondary N) is 1. The average Bonchev–Trinajstić information content (AvgIpc) is 2.30. The fourth-order valence-corrected chi connectivity index (χ4v) is 1.64. The van der Waals surface area contributed by atoms with Crippen molar-refractivity contribution >= 4 is 23.4 Å². The molecule has 0 spiro atoms. The molecule has 0 bridgehead atoms. The van der Waals surface area contributed by atoms with Crippen molar-refractivity contribution in [2.75, 3.05) is 23.9 Å². The molecule has 1 aromatic carbocycles. The van der Waals surface area contributed by atoms with Crippen LogP contribution in [0.3, 0.4) is 0 Å². The highest BCUT2D eigenvalue weighted by atomic mass is 32.2. The van der Waals surface area contributed by atoms with Crippen LogP contribution in [0.5, 0.6) is 0 Å². The van der Waals surface area contributed by atoms with Gasteiger partial charge in [-0.3, -0.25) is 4.79 Å². The van der Waals surface area contributed by atoms with E-state index in [-0.39, 0.29) is 5.91 Å². The fourth-order valence-electron chi connectivity index (χ4n) is 1.31. The Morgan fingerprint density at radius 1 is 1.53 bits per heavy atom. The Bertz CT molecular complexity index is 460. The third kappa shape index (κ3) is 4.51. The van der Waals surface area contributed by atoms with E-state index in [0.29, 0.717) is 12.3 Å². The Balaban J connectivity index is 2.85. The Morgan fingerprint density at radius 3 is 2.94 bits per heavy atom. The van der Waals surface area contributed by atoms with Crippen LogP contribution in [0.4, 0.5) is 5.69 Å². The number of carbonyl (C=O) groups excluding carboxylic acids is 1. The predicted molar refractivity (Wildman–Crippen MR) is 74.1 cm³/mol. The molecule has 0 aliphatic rings. The number of anilines is 1. The van der Waals surface area contributed by atoms with Gasteiger partial charge in [0.2, 0.25) is 5.91 Å². The molecule has 0 heterocycles. The fraction of sp³-hybridized carbons (Fsp3) is 0.308. The largest absolute Gasteiger partial charge is 0.325 e. The molecule has 1 rings (SSSR count). The van der Waals surface area contributed by atoms with Gasteiger partial charge in [-0.15, -0.1) is 0 Å². The normalized spacial score (nSPS) is 9.35. The Morgan fingerprint density at radius 2 is 2.29 bits per heavy atom. The van der Waals surface area contributed by atoms with Crippen molar-refractivity contribution in [3.05, 3.63) is 29.3 Å². The molecule has 3 nitrogen and oxygen atoms in total. The lowest BCUT2D eigenvalue weighted by molar-refractivity contribution is -0.113. The minimum absolute atomic E-state index is 0.000845. The van der Waals surface area contributed by atoms with Gasteiger partial charge in [-0.2, -0.15) is 11.8 Å². The zero-order chi connectivity index (χ0) is 12.7. The second kappa shape index (κ2) is 7.00. The SMILES string of the molecule is CSCC(=O)Nc1ccc(C)c(C#CCN)c1. The van der Waals surface area contributed by atoms with E-state index >= 15 is 0 Å². The Kier molecular flexibility index (Phi) is 5.61. The highest BCUT2D eigenvalue weighted by Crippen LogP contribution is 2.14. The summed E-state index contributed by atoms with van der Waals surface area (Å²) in [4.78, 5) is 11.4. The van der Waals surface area contributed by atoms with Crippen LogP contribution < -0.4 is 11.1 Å². The van der Waals surface area contributed by atoms with Crippen LogP contribution in [-0.4, -0.2) is 24.5 Å². The van der Waals surface area contributed by atoms with Crippen molar-refractivity contribution in [3.63, 3.8) is 0 Å². The maximum absolute atomic E-state index is 11.4. The minimum atomic E-state index is -0.000845. The molecular weight excluding hydrogens is 232 g/mol. The van der Waals surface area contributed by atoms with Gasteiger partial charge >= 0.3 is 0 Å². The quantitative estimate of drug-likeness (QED) is 0.799. The van der Waals surface area contributed by atoms with Gasteiger partial charge in [-0.1, -0.05) is 17.9 Å². The van der Waals surface area contributed by atoms with Crippen molar-refractivity contribution in [2.45, 2.75) is 6.92 Å². The number of carbonyl (C=O) groups is 1. The second-order valence-corrected chi connectivity index (χ2v) is 4.38. The lowest BCUT2D eigenvalue weighted by atomic mass is 10.1. The molecule has 0 saturated carbocycles. The van der Waals surface area contributed by atoms with E-state index in [1.807, 2.05) is 31.4 Å². The van der Waals surface area contributed by atoms with Crippen molar-refractivity contribution < 1.29 is 4.79 Å². The zero-order valence-electron chi connectivity index (χ0n) is 10.0. The summed E-state index contributed by atoms with van der Waals surface area (Å²) in [6, 6.07) is 5.69. The van der Waals surface area contributed by atoms with Gasteiger partial charge in [0.15, 0.2) is 0 Å². The molecule has 0 aliphatic carbocycles. The molecule has 90 valence electrons. The third-order valence-corrected chi connectivity index (χ3v) is 2.67. The van der Waals surface area contributed by atoms with Crippen LogP contribution in [-0.2, 0) is 4.79 Å². The maximum atomic E-state index is 11.4. The van der Waals surface area contributed by atoms with Gasteiger partial charge < -0.3 is 11.1 Å². The van der Waals surface area contributed by atoms with E-state index in [2.05, 4.69) is 17.2 Å². The summed E-state index contributed by atoms with van der Waals surface area (Å²) in [7, 11) is 0. The molecule has 0 fully saturated rings. The van der Waals surface area contributed by atoms with E-state index in [0.717, 1.165) is 16.8 Å². The number of rotatable bonds is 3. The first-order valence-electron chi connectivity index (χ1n) is 5.25. The van der Waals surface area contributed by atoms with E-state index in [1.54, 1.807) is 0 Å². The van der Waals surface area contributed by atoms with Crippen LogP contribution in [0, 0.1) is 18.8 Å². The summed E-state index contributed by atoms with van der Waals surface area (Å²) in [5, 5.41) is 2.83. The molecule has 0 saturated heterocycles. The van der Waals surface area contributed by atoms with Crippen LogP contribution in [0.2, 0.25) is 0 Å². The first-order valence-corrected chi connectivity index (χ1v) is 6.65. The van der Waals surface area contributed by atoms with Crippen molar-refractivity contribution in [3.8, 4) is 11.8 Å². The van der Waals surface area contributed by atoms with Gasteiger partial charge in [-0.25, -0.2) is 0 Å². The molecule has 17 heavy (non-hydrogen) atoms. The second-order valence-electron chi connectivity index (χ2n) is 3.52. The number of aryl methyl sites for hydroxylation is 1. The highest BCUT2D eigenvalue weighted by molar-refractivity contribution is 7.99. The van der Waals surface area contributed by atoms with E-state index in [9.17, 15) is 4.79 Å². The van der Waals surface area contributed by atoms with Gasteiger partial charge in [0.1, 0.15) is 0 Å². The lowest BCUT2D eigenvalue weighted by Gasteiger charge is -2.06. The molecule has 3 N–H and O–H groups in total. The van der Waals surface area contributed by atoms with Crippen LogP contribution >= 0.6 is 11.8 Å². The number of nitrogens with two attached hydrogens (primary N) is 1. The Hall–Kier alpha value is -1.44. The first kappa shape index (κ1) is 13.6. The number of thioether (sulfide) groups is 1. The van der Waals surface area contributed by atoms with E-state index < -0.39 is 0 Å². The van der Waals surface area contributed by atoms with Crippen LogP contribution in [0.1, 0.15) is 11.1 Å². The lowest BCUT2D eigenvalue weighted by Crippen LogP contribution is -2.13. The molecular formula is C13H16N2OS. The first-order chi connectivity index (χ1) is 8.17. The zero-order valence-corrected chi connectivity index (χ0v) is 10.9. The van der Waals surface area contributed by atoms with Crippen LogP contribution in [0.15, 0.2) is 18.2 Å². The summed E-state index contributed by atoms with van der Waals surface area (Å²) in [6.07, 6.45) is 1.90. The van der Waals surface area contributed by atoms with Crippen molar-refractivity contribution in [2.24, 2.45) is 5.73 Å². The molecule has 1 amide bonds. The molecule has 0 radical (unpaired) electrons. The molecule has 0 unspecified atom stereocenters. The van der Waals surface area contributed by atoms with Crippen LogP contribution in [0.25, 0.3) is 0 Å². The average molecular weight is 248 g/mol. The van der Waals surface area contributed by atoms with Crippen molar-refractivity contribution in [1.82, 2.24) is 0 Å². The van der Waals surface area contributed by atoms with Gasteiger partial charge in [-0.05, 0) is 30.9 Å². The molecule has 0 aromatic heterocycles. The summed E-state index contributed by atoms with van der Waals surface area (Å²) in [6.45, 7) is 2.32. The summed E-state index contributed by atoms with van der Waals surface area (Å²) < 4.78 is 0. The summed E-state index contributed by atoms with van der Waals surface area (Å²) in [5.74, 6) is 6.25. The number of benzene rings is 1. The number of hydrogen-bond donors (Lipinski definition) is 2. The third-order valence-electron chi connectivity index (χ3n) is 2.12. The van der Waals surface area contributed by atoms with E-state index in [1.165, 1.54) is 11.8 Å².